The lowest BCUT2D eigenvalue weighted by atomic mass is 9.94. The van der Waals surface area contributed by atoms with Crippen molar-refractivity contribution in [3.8, 4) is 0 Å². The van der Waals surface area contributed by atoms with Crippen molar-refractivity contribution in [2.24, 2.45) is 11.1 Å². The zero-order valence-corrected chi connectivity index (χ0v) is 13.5. The maximum atomic E-state index is 12.2. The molecule has 0 radical (unpaired) electrons. The van der Waals surface area contributed by atoms with Gasteiger partial charge in [0.05, 0.1) is 33.6 Å². The molecule has 1 aromatic heterocycles. The molecule has 7 heteroatoms. The van der Waals surface area contributed by atoms with Crippen molar-refractivity contribution in [1.29, 1.82) is 0 Å². The van der Waals surface area contributed by atoms with Crippen LogP contribution in [-0.4, -0.2) is 23.2 Å². The molecule has 0 aliphatic carbocycles. The van der Waals surface area contributed by atoms with Crippen LogP contribution in [0.3, 0.4) is 0 Å². The van der Waals surface area contributed by atoms with Crippen molar-refractivity contribution in [2.45, 2.75) is 6.42 Å². The van der Waals surface area contributed by atoms with Crippen molar-refractivity contribution in [3.63, 3.8) is 0 Å². The van der Waals surface area contributed by atoms with Gasteiger partial charge in [-0.1, -0.05) is 34.4 Å². The first kappa shape index (κ1) is 15.8. The Morgan fingerprint density at radius 1 is 1.30 bits per heavy atom. The third-order valence-electron chi connectivity index (χ3n) is 3.42. The van der Waals surface area contributed by atoms with Crippen LogP contribution >= 0.6 is 23.2 Å². The number of rotatable bonds is 4. The summed E-state index contributed by atoms with van der Waals surface area (Å²) < 4.78 is 0. The number of nitrogens with one attached hydrogen (secondary N) is 1. The van der Waals surface area contributed by atoms with Crippen molar-refractivity contribution in [1.82, 2.24) is 4.98 Å². The first-order chi connectivity index (χ1) is 11.1. The number of amides is 1. The average Bonchev–Trinajstić information content (AvgIpc) is 2.99. The highest BCUT2D eigenvalue weighted by atomic mass is 35.5. The molecule has 0 bridgehead atoms. The van der Waals surface area contributed by atoms with E-state index in [0.717, 1.165) is 5.56 Å². The highest BCUT2D eigenvalue weighted by Crippen LogP contribution is 2.27. The number of benzene rings is 1. The van der Waals surface area contributed by atoms with E-state index < -0.39 is 0 Å². The van der Waals surface area contributed by atoms with Gasteiger partial charge in [0, 0.05) is 18.2 Å². The SMILES string of the molecule is O=C(CC1CON=C1c1ccc(Cl)c(Cl)c1)Nc1cccnc1. The van der Waals surface area contributed by atoms with Crippen molar-refractivity contribution < 1.29 is 9.63 Å². The number of pyridine rings is 1. The first-order valence-corrected chi connectivity index (χ1v) is 7.74. The number of oxime groups is 1. The molecule has 1 atom stereocenters. The minimum atomic E-state index is -0.135. The van der Waals surface area contributed by atoms with Crippen LogP contribution in [0.2, 0.25) is 10.0 Å². The Labute approximate surface area is 143 Å². The van der Waals surface area contributed by atoms with Gasteiger partial charge in [-0.2, -0.15) is 0 Å². The Morgan fingerprint density at radius 2 is 2.17 bits per heavy atom. The van der Waals surface area contributed by atoms with E-state index >= 15 is 0 Å². The molecule has 5 nitrogen and oxygen atoms in total. The molecule has 0 saturated carbocycles. The van der Waals surface area contributed by atoms with Gasteiger partial charge < -0.3 is 10.2 Å². The van der Waals surface area contributed by atoms with Crippen LogP contribution in [0.25, 0.3) is 0 Å². The second kappa shape index (κ2) is 6.98. The molecule has 118 valence electrons. The number of aromatic nitrogens is 1. The molecule has 2 heterocycles. The summed E-state index contributed by atoms with van der Waals surface area (Å²) in [6.07, 6.45) is 3.50. The highest BCUT2D eigenvalue weighted by molar-refractivity contribution is 6.42. The van der Waals surface area contributed by atoms with Crippen LogP contribution in [0.5, 0.6) is 0 Å². The van der Waals surface area contributed by atoms with Gasteiger partial charge in [-0.15, -0.1) is 0 Å². The molecule has 2 aromatic rings. The first-order valence-electron chi connectivity index (χ1n) is 6.98. The van der Waals surface area contributed by atoms with E-state index in [4.69, 9.17) is 28.0 Å². The summed E-state index contributed by atoms with van der Waals surface area (Å²) >= 11 is 12.0. The van der Waals surface area contributed by atoms with E-state index in [9.17, 15) is 4.79 Å². The zero-order chi connectivity index (χ0) is 16.2. The number of carbonyl (C=O) groups is 1. The number of carbonyl (C=O) groups excluding carboxylic acids is 1. The minimum Gasteiger partial charge on any atom is -0.395 e. The lowest BCUT2D eigenvalue weighted by Gasteiger charge is -2.11. The quantitative estimate of drug-likeness (QED) is 0.913. The summed E-state index contributed by atoms with van der Waals surface area (Å²) in [5, 5.41) is 7.76. The van der Waals surface area contributed by atoms with Crippen LogP contribution in [0.15, 0.2) is 47.9 Å². The molecule has 1 aromatic carbocycles. The van der Waals surface area contributed by atoms with Gasteiger partial charge in [0.25, 0.3) is 0 Å². The second-order valence-corrected chi connectivity index (χ2v) is 5.91. The van der Waals surface area contributed by atoms with E-state index in [0.29, 0.717) is 28.1 Å². The van der Waals surface area contributed by atoms with Crippen molar-refractivity contribution in [3.05, 3.63) is 58.3 Å². The van der Waals surface area contributed by atoms with Gasteiger partial charge in [-0.05, 0) is 24.3 Å². The molecular weight excluding hydrogens is 337 g/mol. The van der Waals surface area contributed by atoms with E-state index in [2.05, 4.69) is 15.5 Å². The fourth-order valence-electron chi connectivity index (χ4n) is 2.32. The van der Waals surface area contributed by atoms with Gasteiger partial charge in [0.2, 0.25) is 5.91 Å². The standard InChI is InChI=1S/C16H13Cl2N3O2/c17-13-4-3-10(6-14(13)18)16-11(9-23-21-16)7-15(22)20-12-2-1-5-19-8-12/h1-6,8,11H,7,9H2,(H,20,22). The Balaban J connectivity index is 1.69. The van der Waals surface area contributed by atoms with E-state index in [-0.39, 0.29) is 18.2 Å². The van der Waals surface area contributed by atoms with Gasteiger partial charge in [0.15, 0.2) is 0 Å². The molecule has 1 N–H and O–H groups in total. The lowest BCUT2D eigenvalue weighted by molar-refractivity contribution is -0.116. The highest BCUT2D eigenvalue weighted by Gasteiger charge is 2.27. The Bertz CT molecular complexity index is 750. The van der Waals surface area contributed by atoms with Crippen LogP contribution in [0.1, 0.15) is 12.0 Å². The summed E-state index contributed by atoms with van der Waals surface area (Å²) in [6.45, 7) is 0.357. The topological polar surface area (TPSA) is 63.6 Å². The van der Waals surface area contributed by atoms with Gasteiger partial charge in [0.1, 0.15) is 6.61 Å². The normalized spacial score (nSPS) is 16.6. The molecule has 1 aliphatic rings. The summed E-state index contributed by atoms with van der Waals surface area (Å²) in [4.78, 5) is 21.3. The molecule has 1 aliphatic heterocycles. The number of halogens is 2. The van der Waals surface area contributed by atoms with Crippen LogP contribution in [0.4, 0.5) is 5.69 Å². The number of hydrogen-bond donors (Lipinski definition) is 1. The van der Waals surface area contributed by atoms with Gasteiger partial charge in [-0.25, -0.2) is 0 Å². The fraction of sp³-hybridized carbons (Fsp3) is 0.188. The smallest absolute Gasteiger partial charge is 0.225 e. The van der Waals surface area contributed by atoms with Crippen LogP contribution < -0.4 is 5.32 Å². The number of nitrogens with zero attached hydrogens (tertiary/aromatic N) is 2. The minimum absolute atomic E-state index is 0.124. The Hall–Kier alpha value is -2.11. The summed E-state index contributed by atoms with van der Waals surface area (Å²) in [5.74, 6) is -0.259. The van der Waals surface area contributed by atoms with E-state index in [1.54, 1.807) is 36.7 Å². The number of anilines is 1. The van der Waals surface area contributed by atoms with E-state index in [1.807, 2.05) is 6.07 Å². The maximum absolute atomic E-state index is 12.2. The molecule has 0 spiro atoms. The number of hydrogen-bond acceptors (Lipinski definition) is 4. The predicted octanol–water partition coefficient (Wildman–Crippen LogP) is 3.77. The monoisotopic (exact) mass is 349 g/mol. The molecule has 1 amide bonds. The molecular formula is C16H13Cl2N3O2. The summed E-state index contributed by atoms with van der Waals surface area (Å²) in [6, 6.07) is 8.78. The molecule has 0 saturated heterocycles. The third kappa shape index (κ3) is 3.81. The molecule has 23 heavy (non-hydrogen) atoms. The third-order valence-corrected chi connectivity index (χ3v) is 4.16. The van der Waals surface area contributed by atoms with Gasteiger partial charge >= 0.3 is 0 Å². The Kier molecular flexibility index (Phi) is 4.79. The molecule has 1 unspecified atom stereocenters. The maximum Gasteiger partial charge on any atom is 0.225 e. The lowest BCUT2D eigenvalue weighted by Crippen LogP contribution is -2.22. The molecule has 0 fully saturated rings. The van der Waals surface area contributed by atoms with Gasteiger partial charge in [-0.3, -0.25) is 9.78 Å². The Morgan fingerprint density at radius 3 is 2.91 bits per heavy atom. The van der Waals surface area contributed by atoms with Crippen molar-refractivity contribution >= 4 is 40.5 Å². The van der Waals surface area contributed by atoms with Crippen LogP contribution in [-0.2, 0) is 9.63 Å². The second-order valence-electron chi connectivity index (χ2n) is 5.09. The van der Waals surface area contributed by atoms with Crippen molar-refractivity contribution in [2.75, 3.05) is 11.9 Å². The zero-order valence-electron chi connectivity index (χ0n) is 12.0. The largest absolute Gasteiger partial charge is 0.395 e. The summed E-state index contributed by atoms with van der Waals surface area (Å²) in [7, 11) is 0. The van der Waals surface area contributed by atoms with E-state index in [1.165, 1.54) is 0 Å². The fourth-order valence-corrected chi connectivity index (χ4v) is 2.62. The molecule has 3 rings (SSSR count). The summed E-state index contributed by atoms with van der Waals surface area (Å²) in [5.41, 5.74) is 2.16. The van der Waals surface area contributed by atoms with Crippen LogP contribution in [0, 0.1) is 5.92 Å². The predicted molar refractivity (Wildman–Crippen MR) is 89.9 cm³/mol. The average molecular weight is 350 g/mol.